The summed E-state index contributed by atoms with van der Waals surface area (Å²) in [5.41, 5.74) is 1.16. The standard InChI is InChI=1S/C13H9NO3S3/c1-6-5-19-11(13(16)17)10(6)14-12(15)9-4-8-7(20-9)2-3-18-8/h2-5H,1H3,(H,14,15)(H,16,17). The molecule has 0 saturated carbocycles. The number of aromatic carboxylic acids is 1. The molecule has 0 aliphatic heterocycles. The van der Waals surface area contributed by atoms with Gasteiger partial charge in [0.1, 0.15) is 4.88 Å². The molecule has 0 saturated heterocycles. The van der Waals surface area contributed by atoms with Crippen molar-refractivity contribution in [3.05, 3.63) is 38.2 Å². The maximum absolute atomic E-state index is 12.2. The molecule has 20 heavy (non-hydrogen) atoms. The minimum Gasteiger partial charge on any atom is -0.477 e. The summed E-state index contributed by atoms with van der Waals surface area (Å²) >= 11 is 4.11. The molecule has 2 N–H and O–H groups in total. The van der Waals surface area contributed by atoms with Crippen molar-refractivity contribution >= 4 is 61.0 Å². The number of hydrogen-bond donors (Lipinski definition) is 2. The van der Waals surface area contributed by atoms with Crippen molar-refractivity contribution in [2.75, 3.05) is 5.32 Å². The summed E-state index contributed by atoms with van der Waals surface area (Å²) in [4.78, 5) is 24.1. The highest BCUT2D eigenvalue weighted by Crippen LogP contribution is 2.32. The molecule has 0 aromatic carbocycles. The first-order chi connectivity index (χ1) is 9.56. The number of carboxylic acids is 1. The molecular weight excluding hydrogens is 314 g/mol. The monoisotopic (exact) mass is 323 g/mol. The number of anilines is 1. The molecular formula is C13H9NO3S3. The molecule has 0 radical (unpaired) electrons. The zero-order valence-corrected chi connectivity index (χ0v) is 12.7. The number of carboxylic acid groups (broad SMARTS) is 1. The first-order valence-corrected chi connectivity index (χ1v) is 8.23. The first-order valence-electron chi connectivity index (χ1n) is 5.66. The molecule has 0 atom stereocenters. The second-order valence-electron chi connectivity index (χ2n) is 4.14. The fourth-order valence-electron chi connectivity index (χ4n) is 1.81. The summed E-state index contributed by atoms with van der Waals surface area (Å²) in [7, 11) is 0. The van der Waals surface area contributed by atoms with E-state index in [9.17, 15) is 9.59 Å². The number of thiophene rings is 3. The van der Waals surface area contributed by atoms with E-state index >= 15 is 0 Å². The van der Waals surface area contributed by atoms with Gasteiger partial charge in [-0.25, -0.2) is 4.79 Å². The summed E-state index contributed by atoms with van der Waals surface area (Å²) in [6, 6.07) is 3.81. The molecule has 0 fully saturated rings. The van der Waals surface area contributed by atoms with E-state index in [4.69, 9.17) is 5.11 Å². The van der Waals surface area contributed by atoms with Gasteiger partial charge in [0.05, 0.1) is 10.6 Å². The number of amides is 1. The molecule has 3 aromatic rings. The van der Waals surface area contributed by atoms with Crippen LogP contribution in [0.15, 0.2) is 22.9 Å². The van der Waals surface area contributed by atoms with Gasteiger partial charge < -0.3 is 10.4 Å². The second-order valence-corrected chi connectivity index (χ2v) is 7.05. The number of carbonyl (C=O) groups is 2. The van der Waals surface area contributed by atoms with E-state index in [1.807, 2.05) is 17.5 Å². The zero-order chi connectivity index (χ0) is 14.3. The van der Waals surface area contributed by atoms with Crippen LogP contribution in [0.2, 0.25) is 0 Å². The van der Waals surface area contributed by atoms with Gasteiger partial charge in [-0.15, -0.1) is 34.0 Å². The Morgan fingerprint density at radius 3 is 2.75 bits per heavy atom. The molecule has 3 rings (SSSR count). The van der Waals surface area contributed by atoms with Gasteiger partial charge in [-0.1, -0.05) is 0 Å². The highest BCUT2D eigenvalue weighted by Gasteiger charge is 2.19. The van der Waals surface area contributed by atoms with Crippen molar-refractivity contribution in [2.45, 2.75) is 6.92 Å². The Morgan fingerprint density at radius 2 is 2.05 bits per heavy atom. The summed E-state index contributed by atoms with van der Waals surface area (Å²) < 4.78 is 2.14. The third-order valence-corrected chi connectivity index (χ3v) is 5.95. The fourth-order valence-corrected chi connectivity index (χ4v) is 4.66. The lowest BCUT2D eigenvalue weighted by atomic mass is 10.2. The van der Waals surface area contributed by atoms with Crippen LogP contribution in [0.4, 0.5) is 5.69 Å². The lowest BCUT2D eigenvalue weighted by Gasteiger charge is -2.04. The van der Waals surface area contributed by atoms with Crippen LogP contribution in [0.1, 0.15) is 24.9 Å². The van der Waals surface area contributed by atoms with Crippen molar-refractivity contribution in [3.63, 3.8) is 0 Å². The Labute approximate surface area is 126 Å². The normalized spacial score (nSPS) is 10.8. The Balaban J connectivity index is 1.91. The van der Waals surface area contributed by atoms with Crippen LogP contribution in [-0.4, -0.2) is 17.0 Å². The van der Waals surface area contributed by atoms with Crippen LogP contribution in [0.3, 0.4) is 0 Å². The lowest BCUT2D eigenvalue weighted by Crippen LogP contribution is -2.12. The average Bonchev–Trinajstić information content (AvgIpc) is 3.04. The minimum absolute atomic E-state index is 0.161. The Kier molecular flexibility index (Phi) is 3.33. The molecule has 3 heterocycles. The predicted octanol–water partition coefficient (Wildman–Crippen LogP) is 4.28. The van der Waals surface area contributed by atoms with Gasteiger partial charge >= 0.3 is 5.97 Å². The predicted molar refractivity (Wildman–Crippen MR) is 83.7 cm³/mol. The highest BCUT2D eigenvalue weighted by molar-refractivity contribution is 7.28. The summed E-state index contributed by atoms with van der Waals surface area (Å²) in [6.07, 6.45) is 0. The molecule has 7 heteroatoms. The fraction of sp³-hybridized carbons (Fsp3) is 0.0769. The highest BCUT2D eigenvalue weighted by atomic mass is 32.1. The largest absolute Gasteiger partial charge is 0.477 e. The number of fused-ring (bicyclic) bond motifs is 1. The molecule has 0 spiro atoms. The average molecular weight is 323 g/mol. The SMILES string of the molecule is Cc1csc(C(=O)O)c1NC(=O)c1cc2sccc2s1. The lowest BCUT2D eigenvalue weighted by molar-refractivity contribution is 0.0703. The zero-order valence-electron chi connectivity index (χ0n) is 10.3. The smallest absolute Gasteiger partial charge is 0.348 e. The molecule has 4 nitrogen and oxygen atoms in total. The molecule has 3 aromatic heterocycles. The molecule has 0 aliphatic rings. The van der Waals surface area contributed by atoms with Crippen LogP contribution < -0.4 is 5.32 Å². The van der Waals surface area contributed by atoms with Crippen LogP contribution in [-0.2, 0) is 0 Å². The van der Waals surface area contributed by atoms with E-state index in [1.165, 1.54) is 11.3 Å². The van der Waals surface area contributed by atoms with E-state index in [0.717, 1.165) is 26.3 Å². The van der Waals surface area contributed by atoms with E-state index in [2.05, 4.69) is 5.32 Å². The van der Waals surface area contributed by atoms with Crippen molar-refractivity contribution < 1.29 is 14.7 Å². The van der Waals surface area contributed by atoms with Gasteiger partial charge in [0.15, 0.2) is 0 Å². The number of aryl methyl sites for hydroxylation is 1. The minimum atomic E-state index is -1.02. The third kappa shape index (κ3) is 2.24. The molecule has 1 amide bonds. The van der Waals surface area contributed by atoms with Crippen LogP contribution in [0, 0.1) is 6.92 Å². The Hall–Kier alpha value is -1.70. The van der Waals surface area contributed by atoms with E-state index in [1.54, 1.807) is 23.6 Å². The third-order valence-electron chi connectivity index (χ3n) is 2.77. The first kappa shape index (κ1) is 13.3. The second kappa shape index (κ2) is 5.01. The Bertz CT molecular complexity index is 783. The van der Waals surface area contributed by atoms with Crippen LogP contribution in [0.5, 0.6) is 0 Å². The van der Waals surface area contributed by atoms with E-state index < -0.39 is 5.97 Å². The molecule has 0 bridgehead atoms. The topological polar surface area (TPSA) is 66.4 Å². The van der Waals surface area contributed by atoms with Gasteiger partial charge in [-0.2, -0.15) is 0 Å². The van der Waals surface area contributed by atoms with Gasteiger partial charge in [-0.3, -0.25) is 4.79 Å². The van der Waals surface area contributed by atoms with Gasteiger partial charge in [0.25, 0.3) is 5.91 Å². The summed E-state index contributed by atoms with van der Waals surface area (Å²) in [5, 5.41) is 15.5. The van der Waals surface area contributed by atoms with Crippen LogP contribution in [0.25, 0.3) is 9.40 Å². The number of rotatable bonds is 3. The van der Waals surface area contributed by atoms with Crippen molar-refractivity contribution in [1.29, 1.82) is 0 Å². The molecule has 0 unspecified atom stereocenters. The van der Waals surface area contributed by atoms with Gasteiger partial charge in [0, 0.05) is 9.40 Å². The quantitative estimate of drug-likeness (QED) is 0.756. The number of carbonyl (C=O) groups excluding carboxylic acids is 1. The summed E-state index contributed by atoms with van der Waals surface area (Å²) in [5.74, 6) is -1.28. The Morgan fingerprint density at radius 1 is 1.25 bits per heavy atom. The van der Waals surface area contributed by atoms with Gasteiger partial charge in [0.2, 0.25) is 0 Å². The number of nitrogens with one attached hydrogen (secondary N) is 1. The van der Waals surface area contributed by atoms with Crippen LogP contribution >= 0.6 is 34.0 Å². The maximum Gasteiger partial charge on any atom is 0.348 e. The van der Waals surface area contributed by atoms with E-state index in [0.29, 0.717) is 10.6 Å². The van der Waals surface area contributed by atoms with Crippen molar-refractivity contribution in [3.8, 4) is 0 Å². The molecule has 0 aliphatic carbocycles. The van der Waals surface area contributed by atoms with Gasteiger partial charge in [-0.05, 0) is 35.4 Å². The maximum atomic E-state index is 12.2. The molecule has 102 valence electrons. The van der Waals surface area contributed by atoms with E-state index in [-0.39, 0.29) is 10.8 Å². The number of hydrogen-bond acceptors (Lipinski definition) is 5. The summed E-state index contributed by atoms with van der Waals surface area (Å²) in [6.45, 7) is 1.78. The van der Waals surface area contributed by atoms with Crippen molar-refractivity contribution in [2.24, 2.45) is 0 Å². The van der Waals surface area contributed by atoms with Crippen molar-refractivity contribution in [1.82, 2.24) is 0 Å².